The van der Waals surface area contributed by atoms with Gasteiger partial charge in [0.1, 0.15) is 5.60 Å². The van der Waals surface area contributed by atoms with E-state index in [1.165, 1.54) is 0 Å². The van der Waals surface area contributed by atoms with Crippen molar-refractivity contribution in [1.29, 1.82) is 0 Å². The number of thiophene rings is 1. The Morgan fingerprint density at radius 3 is 2.60 bits per heavy atom. The van der Waals surface area contributed by atoms with E-state index in [-0.39, 0.29) is 35.9 Å². The lowest BCUT2D eigenvalue weighted by molar-refractivity contribution is 0.0513. The van der Waals surface area contributed by atoms with Gasteiger partial charge in [0.15, 0.2) is 5.96 Å². The second-order valence-corrected chi connectivity index (χ2v) is 9.03. The van der Waals surface area contributed by atoms with Gasteiger partial charge in [-0.2, -0.15) is 0 Å². The Morgan fingerprint density at radius 2 is 1.97 bits per heavy atom. The van der Waals surface area contributed by atoms with Crippen molar-refractivity contribution >= 4 is 52.9 Å². The third-order valence-electron chi connectivity index (χ3n) is 5.43. The van der Waals surface area contributed by atoms with E-state index in [0.717, 1.165) is 34.8 Å². The molecule has 3 rings (SSSR count). The minimum atomic E-state index is -0.990. The molecule has 166 valence electrons. The molecule has 2 aromatic rings. The molecule has 1 aliphatic heterocycles. The highest BCUT2D eigenvalue weighted by molar-refractivity contribution is 14.0. The Morgan fingerprint density at radius 1 is 1.23 bits per heavy atom. The number of rotatable bonds is 7. The molecule has 0 radical (unpaired) electrons. The van der Waals surface area contributed by atoms with Crippen LogP contribution < -0.4 is 10.6 Å². The summed E-state index contributed by atoms with van der Waals surface area (Å²) < 4.78 is 5.63. The van der Waals surface area contributed by atoms with Crippen LogP contribution in [-0.2, 0) is 15.8 Å². The summed E-state index contributed by atoms with van der Waals surface area (Å²) in [5.74, 6) is 0.697. The van der Waals surface area contributed by atoms with Gasteiger partial charge in [0.2, 0.25) is 0 Å². The molecule has 0 aliphatic carbocycles. The van der Waals surface area contributed by atoms with Crippen molar-refractivity contribution in [2.24, 2.45) is 4.99 Å². The van der Waals surface area contributed by atoms with Crippen LogP contribution in [0.25, 0.3) is 0 Å². The van der Waals surface area contributed by atoms with E-state index in [1.807, 2.05) is 42.6 Å². The number of ether oxygens (including phenoxy) is 1. The molecule has 1 unspecified atom stereocenters. The molecule has 0 saturated carbocycles. The Balaban J connectivity index is 0.00000320. The zero-order valence-electron chi connectivity index (χ0n) is 17.5. The maximum absolute atomic E-state index is 10.8. The molecule has 8 heteroatoms. The van der Waals surface area contributed by atoms with Crippen LogP contribution in [0.4, 0.5) is 0 Å². The second-order valence-electron chi connectivity index (χ2n) is 7.67. The predicted molar refractivity (Wildman–Crippen MR) is 136 cm³/mol. The molecule has 3 N–H and O–H groups in total. The van der Waals surface area contributed by atoms with Crippen LogP contribution in [0.15, 0.2) is 46.8 Å². The molecule has 5 nitrogen and oxygen atoms in total. The van der Waals surface area contributed by atoms with Crippen molar-refractivity contribution in [3.63, 3.8) is 0 Å². The molecule has 0 bridgehead atoms. The summed E-state index contributed by atoms with van der Waals surface area (Å²) in [6.45, 7) is 7.00. The highest BCUT2D eigenvalue weighted by Crippen LogP contribution is 2.38. The number of benzene rings is 1. The van der Waals surface area contributed by atoms with Gasteiger partial charge in [0.25, 0.3) is 0 Å². The third-order valence-corrected chi connectivity index (χ3v) is 6.88. The quantitative estimate of drug-likeness (QED) is 0.263. The van der Waals surface area contributed by atoms with E-state index in [1.54, 1.807) is 18.3 Å². The van der Waals surface area contributed by atoms with Gasteiger partial charge in [-0.05, 0) is 49.8 Å². The van der Waals surface area contributed by atoms with Crippen LogP contribution in [0.3, 0.4) is 0 Å². The SMILES string of the molecule is CCNC(=NCC(C)(O)c1cccs1)NCC1(c2ccccc2Cl)CCOCC1.I. The number of aliphatic hydroxyl groups is 1. The predicted octanol–water partition coefficient (Wildman–Crippen LogP) is 4.53. The number of nitrogens with one attached hydrogen (secondary N) is 2. The second kappa shape index (κ2) is 11.7. The molecular formula is C22H31ClIN3O2S. The summed E-state index contributed by atoms with van der Waals surface area (Å²) in [7, 11) is 0. The fourth-order valence-electron chi connectivity index (χ4n) is 3.69. The van der Waals surface area contributed by atoms with E-state index in [2.05, 4.69) is 21.7 Å². The lowest BCUT2D eigenvalue weighted by Crippen LogP contribution is -2.48. The highest BCUT2D eigenvalue weighted by atomic mass is 127. The molecular weight excluding hydrogens is 533 g/mol. The summed E-state index contributed by atoms with van der Waals surface area (Å²) in [5, 5.41) is 20.3. The Kier molecular flexibility index (Phi) is 9.87. The average molecular weight is 564 g/mol. The van der Waals surface area contributed by atoms with E-state index in [0.29, 0.717) is 25.7 Å². The summed E-state index contributed by atoms with van der Waals surface area (Å²) in [6, 6.07) is 11.9. The molecule has 1 atom stereocenters. The van der Waals surface area contributed by atoms with Gasteiger partial charge in [-0.25, -0.2) is 4.99 Å². The van der Waals surface area contributed by atoms with E-state index >= 15 is 0 Å². The van der Waals surface area contributed by atoms with E-state index < -0.39 is 5.60 Å². The van der Waals surface area contributed by atoms with Crippen molar-refractivity contribution in [1.82, 2.24) is 10.6 Å². The van der Waals surface area contributed by atoms with Gasteiger partial charge in [-0.1, -0.05) is 35.9 Å². The maximum atomic E-state index is 10.8. The van der Waals surface area contributed by atoms with Crippen LogP contribution in [0.2, 0.25) is 5.02 Å². The van der Waals surface area contributed by atoms with Crippen molar-refractivity contribution < 1.29 is 9.84 Å². The van der Waals surface area contributed by atoms with Crippen LogP contribution >= 0.6 is 46.9 Å². The van der Waals surface area contributed by atoms with E-state index in [4.69, 9.17) is 16.3 Å². The lowest BCUT2D eigenvalue weighted by Gasteiger charge is -2.39. The van der Waals surface area contributed by atoms with Crippen molar-refractivity contribution in [3.8, 4) is 0 Å². The van der Waals surface area contributed by atoms with Crippen LogP contribution in [0, 0.1) is 0 Å². The topological polar surface area (TPSA) is 65.9 Å². The first-order valence-electron chi connectivity index (χ1n) is 10.1. The minimum absolute atomic E-state index is 0. The van der Waals surface area contributed by atoms with Crippen molar-refractivity contribution in [2.45, 2.75) is 37.7 Å². The number of hydrogen-bond acceptors (Lipinski definition) is 4. The monoisotopic (exact) mass is 563 g/mol. The summed E-state index contributed by atoms with van der Waals surface area (Å²) in [5.41, 5.74) is 0.0532. The molecule has 1 aromatic heterocycles. The fourth-order valence-corrected chi connectivity index (χ4v) is 4.80. The number of guanidine groups is 1. The molecule has 0 amide bonds. The van der Waals surface area contributed by atoms with Gasteiger partial charge in [-0.3, -0.25) is 0 Å². The molecule has 1 fully saturated rings. The van der Waals surface area contributed by atoms with Gasteiger partial charge < -0.3 is 20.5 Å². The first-order valence-corrected chi connectivity index (χ1v) is 11.3. The zero-order valence-corrected chi connectivity index (χ0v) is 21.4. The lowest BCUT2D eigenvalue weighted by atomic mass is 9.74. The summed E-state index contributed by atoms with van der Waals surface area (Å²) in [4.78, 5) is 5.57. The Hall–Kier alpha value is -0.870. The van der Waals surface area contributed by atoms with Gasteiger partial charge in [0, 0.05) is 41.6 Å². The molecule has 0 spiro atoms. The standard InChI is InChI=1S/C22H30ClN3O2S.HI/c1-3-24-20(25-15-21(2,27)19-9-6-14-29-19)26-16-22(10-12-28-13-11-22)17-7-4-5-8-18(17)23;/h4-9,14,27H,3,10-13,15-16H2,1-2H3,(H2,24,25,26);1H. The Labute approximate surface area is 205 Å². The maximum Gasteiger partial charge on any atom is 0.191 e. The van der Waals surface area contributed by atoms with Crippen LogP contribution in [-0.4, -0.2) is 43.9 Å². The first kappa shape index (κ1) is 25.4. The molecule has 1 aliphatic rings. The Bertz CT molecular complexity index is 808. The van der Waals surface area contributed by atoms with E-state index in [9.17, 15) is 5.11 Å². The first-order chi connectivity index (χ1) is 14.0. The summed E-state index contributed by atoms with van der Waals surface area (Å²) in [6.07, 6.45) is 1.80. The number of aliphatic imine (C=N–C) groups is 1. The fraction of sp³-hybridized carbons (Fsp3) is 0.500. The zero-order chi connectivity index (χ0) is 20.7. The van der Waals surface area contributed by atoms with Crippen molar-refractivity contribution in [3.05, 3.63) is 57.2 Å². The summed E-state index contributed by atoms with van der Waals surface area (Å²) >= 11 is 8.10. The number of hydrogen-bond donors (Lipinski definition) is 3. The van der Waals surface area contributed by atoms with Crippen molar-refractivity contribution in [2.75, 3.05) is 32.8 Å². The van der Waals surface area contributed by atoms with Gasteiger partial charge in [-0.15, -0.1) is 35.3 Å². The minimum Gasteiger partial charge on any atom is -0.383 e. The normalized spacial score (nSPS) is 18.2. The average Bonchev–Trinajstić information content (AvgIpc) is 3.27. The molecule has 1 aromatic carbocycles. The highest BCUT2D eigenvalue weighted by Gasteiger charge is 2.36. The van der Waals surface area contributed by atoms with Crippen LogP contribution in [0.1, 0.15) is 37.1 Å². The smallest absolute Gasteiger partial charge is 0.191 e. The number of halogens is 2. The number of nitrogens with zero attached hydrogens (tertiary/aromatic N) is 1. The third kappa shape index (κ3) is 6.32. The van der Waals surface area contributed by atoms with Gasteiger partial charge >= 0.3 is 0 Å². The van der Waals surface area contributed by atoms with Gasteiger partial charge in [0.05, 0.1) is 6.54 Å². The largest absolute Gasteiger partial charge is 0.383 e. The molecule has 2 heterocycles. The van der Waals surface area contributed by atoms with Crippen LogP contribution in [0.5, 0.6) is 0 Å². The molecule has 30 heavy (non-hydrogen) atoms. The molecule has 1 saturated heterocycles.